The van der Waals surface area contributed by atoms with Crippen molar-refractivity contribution in [1.29, 1.82) is 0 Å². The van der Waals surface area contributed by atoms with Crippen LogP contribution in [0.15, 0.2) is 28.9 Å². The minimum Gasteiger partial charge on any atom is -0.481 e. The standard InChI is InChI=1S/C16H14ClNO4/c1-9-8-22-13(7-14(19)20)15(9)16(21)18-6-5-10-11(17)3-2-4-12(10)18/h2-4,8H,5-7H2,1H3,(H,19,20). The van der Waals surface area contributed by atoms with Gasteiger partial charge in [-0.1, -0.05) is 17.7 Å². The van der Waals surface area contributed by atoms with Gasteiger partial charge in [0.1, 0.15) is 12.2 Å². The van der Waals surface area contributed by atoms with Gasteiger partial charge in [0.05, 0.1) is 11.8 Å². The molecule has 1 aromatic carbocycles. The van der Waals surface area contributed by atoms with Crippen molar-refractivity contribution in [3.05, 3.63) is 51.9 Å². The molecule has 0 spiro atoms. The van der Waals surface area contributed by atoms with E-state index in [2.05, 4.69) is 0 Å². The normalized spacial score (nSPS) is 13.3. The summed E-state index contributed by atoms with van der Waals surface area (Å²) in [5, 5.41) is 9.58. The molecule has 2 aromatic rings. The molecular weight excluding hydrogens is 306 g/mol. The van der Waals surface area contributed by atoms with E-state index in [9.17, 15) is 9.59 Å². The first kappa shape index (κ1) is 14.7. The number of fused-ring (bicyclic) bond motifs is 1. The molecule has 5 nitrogen and oxygen atoms in total. The molecule has 1 aliphatic rings. The number of hydrogen-bond donors (Lipinski definition) is 1. The molecule has 1 amide bonds. The Hall–Kier alpha value is -2.27. The van der Waals surface area contributed by atoms with Crippen LogP contribution in [0.1, 0.15) is 27.2 Å². The molecule has 0 saturated heterocycles. The molecule has 0 radical (unpaired) electrons. The highest BCUT2D eigenvalue weighted by atomic mass is 35.5. The smallest absolute Gasteiger partial charge is 0.311 e. The predicted molar refractivity (Wildman–Crippen MR) is 81.6 cm³/mol. The van der Waals surface area contributed by atoms with Gasteiger partial charge in [-0.15, -0.1) is 0 Å². The van der Waals surface area contributed by atoms with Crippen LogP contribution in [0.2, 0.25) is 5.02 Å². The van der Waals surface area contributed by atoms with E-state index in [4.69, 9.17) is 21.1 Å². The van der Waals surface area contributed by atoms with Gasteiger partial charge in [-0.05, 0) is 31.0 Å². The van der Waals surface area contributed by atoms with E-state index < -0.39 is 5.97 Å². The Morgan fingerprint density at radius 2 is 2.18 bits per heavy atom. The van der Waals surface area contributed by atoms with Crippen molar-refractivity contribution < 1.29 is 19.1 Å². The summed E-state index contributed by atoms with van der Waals surface area (Å²) in [6, 6.07) is 5.44. The van der Waals surface area contributed by atoms with Crippen molar-refractivity contribution in [2.24, 2.45) is 0 Å². The quantitative estimate of drug-likeness (QED) is 0.943. The molecule has 0 atom stereocenters. The Morgan fingerprint density at radius 3 is 2.91 bits per heavy atom. The number of halogens is 1. The van der Waals surface area contributed by atoms with Crippen molar-refractivity contribution in [2.75, 3.05) is 11.4 Å². The molecule has 1 aliphatic heterocycles. The molecule has 0 aliphatic carbocycles. The number of carbonyl (C=O) groups is 2. The first-order valence-corrected chi connectivity index (χ1v) is 7.25. The van der Waals surface area contributed by atoms with Crippen molar-refractivity contribution >= 4 is 29.2 Å². The number of carboxylic acids is 1. The van der Waals surface area contributed by atoms with E-state index in [0.29, 0.717) is 29.1 Å². The summed E-state index contributed by atoms with van der Waals surface area (Å²) < 4.78 is 5.24. The van der Waals surface area contributed by atoms with Crippen molar-refractivity contribution in [1.82, 2.24) is 0 Å². The number of carboxylic acid groups (broad SMARTS) is 1. The molecule has 1 N–H and O–H groups in total. The predicted octanol–water partition coefficient (Wildman–Crippen LogP) is 3.07. The van der Waals surface area contributed by atoms with Gasteiger partial charge < -0.3 is 14.4 Å². The van der Waals surface area contributed by atoms with Crippen molar-refractivity contribution in [3.63, 3.8) is 0 Å². The lowest BCUT2D eigenvalue weighted by molar-refractivity contribution is -0.136. The highest BCUT2D eigenvalue weighted by Crippen LogP contribution is 2.35. The average Bonchev–Trinajstić information content (AvgIpc) is 3.03. The molecule has 114 valence electrons. The third kappa shape index (κ3) is 2.37. The maximum Gasteiger partial charge on any atom is 0.311 e. The van der Waals surface area contributed by atoms with Crippen LogP contribution in [0.4, 0.5) is 5.69 Å². The molecule has 22 heavy (non-hydrogen) atoms. The molecule has 0 bridgehead atoms. The molecule has 1 aromatic heterocycles. The third-order valence-corrected chi connectivity index (χ3v) is 4.15. The molecule has 6 heteroatoms. The van der Waals surface area contributed by atoms with Crippen LogP contribution in [0.3, 0.4) is 0 Å². The summed E-state index contributed by atoms with van der Waals surface area (Å²) in [4.78, 5) is 25.4. The average molecular weight is 320 g/mol. The van der Waals surface area contributed by atoms with Crippen LogP contribution in [0.25, 0.3) is 0 Å². The molecule has 2 heterocycles. The monoisotopic (exact) mass is 319 g/mol. The van der Waals surface area contributed by atoms with Crippen LogP contribution in [-0.4, -0.2) is 23.5 Å². The number of nitrogens with zero attached hydrogens (tertiary/aromatic N) is 1. The zero-order valence-corrected chi connectivity index (χ0v) is 12.7. The second-order valence-corrected chi connectivity index (χ2v) is 5.64. The number of carbonyl (C=O) groups excluding carboxylic acids is 1. The van der Waals surface area contributed by atoms with E-state index in [1.807, 2.05) is 6.07 Å². The zero-order valence-electron chi connectivity index (χ0n) is 11.9. The Bertz CT molecular complexity index is 766. The third-order valence-electron chi connectivity index (χ3n) is 3.79. The molecule has 3 rings (SSSR count). The molecule has 0 unspecified atom stereocenters. The number of aryl methyl sites for hydroxylation is 1. The molecular formula is C16H14ClNO4. The van der Waals surface area contributed by atoms with Gasteiger partial charge in [0, 0.05) is 22.8 Å². The minimum atomic E-state index is -1.03. The first-order valence-electron chi connectivity index (χ1n) is 6.87. The Balaban J connectivity index is 1.99. The fourth-order valence-electron chi connectivity index (χ4n) is 2.79. The van der Waals surface area contributed by atoms with Gasteiger partial charge >= 0.3 is 5.97 Å². The van der Waals surface area contributed by atoms with Crippen molar-refractivity contribution in [2.45, 2.75) is 19.8 Å². The second-order valence-electron chi connectivity index (χ2n) is 5.23. The number of hydrogen-bond acceptors (Lipinski definition) is 3. The van der Waals surface area contributed by atoms with E-state index in [1.54, 1.807) is 24.0 Å². The second kappa shape index (κ2) is 5.50. The van der Waals surface area contributed by atoms with Gasteiger partial charge in [0.15, 0.2) is 0 Å². The molecule has 0 fully saturated rings. The van der Waals surface area contributed by atoms with Gasteiger partial charge in [-0.3, -0.25) is 9.59 Å². The van der Waals surface area contributed by atoms with Crippen LogP contribution in [-0.2, 0) is 17.6 Å². The summed E-state index contributed by atoms with van der Waals surface area (Å²) in [6.45, 7) is 2.26. The fourth-order valence-corrected chi connectivity index (χ4v) is 3.05. The lowest BCUT2D eigenvalue weighted by Crippen LogP contribution is -2.30. The van der Waals surface area contributed by atoms with Crippen LogP contribution < -0.4 is 4.90 Å². The maximum absolute atomic E-state index is 12.8. The number of rotatable bonds is 3. The molecule has 0 saturated carbocycles. The summed E-state index contributed by atoms with van der Waals surface area (Å²) in [7, 11) is 0. The Morgan fingerprint density at radius 1 is 1.41 bits per heavy atom. The van der Waals surface area contributed by atoms with E-state index >= 15 is 0 Å². The van der Waals surface area contributed by atoms with Crippen LogP contribution in [0, 0.1) is 6.92 Å². The topological polar surface area (TPSA) is 70.7 Å². The van der Waals surface area contributed by atoms with Gasteiger partial charge in [0.25, 0.3) is 5.91 Å². The number of aliphatic carboxylic acids is 1. The number of anilines is 1. The highest BCUT2D eigenvalue weighted by molar-refractivity contribution is 6.32. The first-order chi connectivity index (χ1) is 10.5. The summed E-state index contributed by atoms with van der Waals surface area (Å²) >= 11 is 6.16. The summed E-state index contributed by atoms with van der Waals surface area (Å²) in [5.41, 5.74) is 2.68. The fraction of sp³-hybridized carbons (Fsp3) is 0.250. The van der Waals surface area contributed by atoms with E-state index in [0.717, 1.165) is 11.3 Å². The maximum atomic E-state index is 12.8. The number of furan rings is 1. The minimum absolute atomic E-state index is 0.186. The number of benzene rings is 1. The number of amides is 1. The van der Waals surface area contributed by atoms with Gasteiger partial charge in [0.2, 0.25) is 0 Å². The summed E-state index contributed by atoms with van der Waals surface area (Å²) in [5.74, 6) is -1.10. The summed E-state index contributed by atoms with van der Waals surface area (Å²) in [6.07, 6.45) is 1.79. The van der Waals surface area contributed by atoms with Crippen LogP contribution in [0.5, 0.6) is 0 Å². The van der Waals surface area contributed by atoms with E-state index in [1.165, 1.54) is 6.26 Å². The lowest BCUT2D eigenvalue weighted by Gasteiger charge is -2.17. The van der Waals surface area contributed by atoms with Gasteiger partial charge in [-0.2, -0.15) is 0 Å². The Labute approximate surface area is 132 Å². The SMILES string of the molecule is Cc1coc(CC(=O)O)c1C(=O)N1CCc2c(Cl)cccc21. The highest BCUT2D eigenvalue weighted by Gasteiger charge is 2.31. The lowest BCUT2D eigenvalue weighted by atomic mass is 10.1. The van der Waals surface area contributed by atoms with Crippen molar-refractivity contribution in [3.8, 4) is 0 Å². The Kier molecular flexibility index (Phi) is 3.66. The largest absolute Gasteiger partial charge is 0.481 e. The van der Waals surface area contributed by atoms with Crippen LogP contribution >= 0.6 is 11.6 Å². The van der Waals surface area contributed by atoms with Gasteiger partial charge in [-0.25, -0.2) is 0 Å². The van der Waals surface area contributed by atoms with E-state index in [-0.39, 0.29) is 18.1 Å². The zero-order chi connectivity index (χ0) is 15.9.